The van der Waals surface area contributed by atoms with Gasteiger partial charge in [0.05, 0.1) is 29.2 Å². The number of rotatable bonds is 6. The van der Waals surface area contributed by atoms with Crippen LogP contribution in [-0.2, 0) is 11.3 Å². The highest BCUT2D eigenvalue weighted by atomic mass is 35.5. The summed E-state index contributed by atoms with van der Waals surface area (Å²) >= 11 is 6.05. The van der Waals surface area contributed by atoms with Gasteiger partial charge in [0.2, 0.25) is 5.89 Å². The van der Waals surface area contributed by atoms with Crippen molar-refractivity contribution in [2.24, 2.45) is 0 Å². The zero-order valence-electron chi connectivity index (χ0n) is 13.7. The van der Waals surface area contributed by atoms with Crippen molar-refractivity contribution in [1.82, 2.24) is 9.88 Å². The molecule has 136 valence electrons. The van der Waals surface area contributed by atoms with Gasteiger partial charge in [-0.1, -0.05) is 11.6 Å². The van der Waals surface area contributed by atoms with E-state index in [-0.39, 0.29) is 46.4 Å². The number of aromatic nitrogens is 1. The molecule has 9 nitrogen and oxygen atoms in total. The molecule has 1 fully saturated rings. The van der Waals surface area contributed by atoms with Gasteiger partial charge >= 0.3 is 5.97 Å². The standard InChI is InChI=1S/C16H14ClN3O6/c1-25-16(22)13-8-26-14(18-13)7-19(9-2-3-9)15(21)11-5-4-10(20(23)24)6-12(11)17/h4-6,8-9H,2-3,7H2,1H3. The van der Waals surface area contributed by atoms with E-state index in [0.717, 1.165) is 25.2 Å². The maximum absolute atomic E-state index is 12.8. The number of halogens is 1. The number of hydrogen-bond acceptors (Lipinski definition) is 7. The van der Waals surface area contributed by atoms with E-state index in [9.17, 15) is 19.7 Å². The average molecular weight is 380 g/mol. The predicted octanol–water partition coefficient (Wildman–Crippen LogP) is 2.83. The van der Waals surface area contributed by atoms with E-state index in [1.54, 1.807) is 0 Å². The van der Waals surface area contributed by atoms with Crippen molar-refractivity contribution in [1.29, 1.82) is 0 Å². The van der Waals surface area contributed by atoms with Gasteiger partial charge in [0, 0.05) is 18.2 Å². The Labute approximate surface area is 152 Å². The zero-order chi connectivity index (χ0) is 18.8. The topological polar surface area (TPSA) is 116 Å². The van der Waals surface area contributed by atoms with Gasteiger partial charge in [-0.25, -0.2) is 9.78 Å². The first-order valence-corrected chi connectivity index (χ1v) is 8.06. The van der Waals surface area contributed by atoms with E-state index in [1.165, 1.54) is 24.1 Å². The second-order valence-electron chi connectivity index (χ2n) is 5.70. The van der Waals surface area contributed by atoms with E-state index < -0.39 is 10.9 Å². The number of carbonyl (C=O) groups excluding carboxylic acids is 2. The first-order chi connectivity index (χ1) is 12.4. The van der Waals surface area contributed by atoms with E-state index in [2.05, 4.69) is 9.72 Å². The van der Waals surface area contributed by atoms with Crippen molar-refractivity contribution in [3.63, 3.8) is 0 Å². The lowest BCUT2D eigenvalue weighted by Gasteiger charge is -2.21. The summed E-state index contributed by atoms with van der Waals surface area (Å²) in [7, 11) is 1.23. The fraction of sp³-hybridized carbons (Fsp3) is 0.312. The highest BCUT2D eigenvalue weighted by Crippen LogP contribution is 2.32. The number of nitrogens with zero attached hydrogens (tertiary/aromatic N) is 3. The SMILES string of the molecule is COC(=O)c1coc(CN(C(=O)c2ccc([N+](=O)[O-])cc2Cl)C2CC2)n1. The summed E-state index contributed by atoms with van der Waals surface area (Å²) in [5.41, 5.74) is -0.0251. The van der Waals surface area contributed by atoms with Crippen molar-refractivity contribution >= 4 is 29.2 Å². The molecule has 0 spiro atoms. The van der Waals surface area contributed by atoms with Crippen LogP contribution in [0.4, 0.5) is 5.69 Å². The Balaban J connectivity index is 1.82. The van der Waals surface area contributed by atoms with Crippen LogP contribution < -0.4 is 0 Å². The number of non-ortho nitro benzene ring substituents is 1. The molecule has 1 aliphatic rings. The molecular formula is C16H14ClN3O6. The molecule has 0 saturated heterocycles. The normalized spacial score (nSPS) is 13.3. The number of oxazole rings is 1. The summed E-state index contributed by atoms with van der Waals surface area (Å²) < 4.78 is 9.80. The van der Waals surface area contributed by atoms with Crippen LogP contribution in [0.15, 0.2) is 28.9 Å². The number of benzene rings is 1. The monoisotopic (exact) mass is 379 g/mol. The lowest BCUT2D eigenvalue weighted by atomic mass is 10.1. The Morgan fingerprint density at radius 1 is 1.46 bits per heavy atom. The minimum absolute atomic E-state index is 0.00207. The lowest BCUT2D eigenvalue weighted by Crippen LogP contribution is -2.33. The smallest absolute Gasteiger partial charge is 0.360 e. The van der Waals surface area contributed by atoms with Crippen LogP contribution in [0, 0.1) is 10.1 Å². The van der Waals surface area contributed by atoms with Gasteiger partial charge in [-0.2, -0.15) is 0 Å². The molecule has 0 N–H and O–H groups in total. The fourth-order valence-electron chi connectivity index (χ4n) is 2.43. The second kappa shape index (κ2) is 7.12. The van der Waals surface area contributed by atoms with Gasteiger partial charge in [-0.3, -0.25) is 14.9 Å². The molecule has 1 aromatic heterocycles. The second-order valence-corrected chi connectivity index (χ2v) is 6.11. The number of nitro groups is 1. The summed E-state index contributed by atoms with van der Waals surface area (Å²) in [6.07, 6.45) is 2.80. The molecule has 26 heavy (non-hydrogen) atoms. The van der Waals surface area contributed by atoms with Crippen LogP contribution in [0.5, 0.6) is 0 Å². The van der Waals surface area contributed by atoms with Crippen LogP contribution >= 0.6 is 11.6 Å². The number of ether oxygens (including phenoxy) is 1. The Kier molecular flexibility index (Phi) is 4.90. The molecule has 0 aliphatic heterocycles. The van der Waals surface area contributed by atoms with Crippen LogP contribution in [0.2, 0.25) is 5.02 Å². The quantitative estimate of drug-likeness (QED) is 0.430. The third kappa shape index (κ3) is 3.67. The summed E-state index contributed by atoms with van der Waals surface area (Å²) in [6, 6.07) is 3.70. The van der Waals surface area contributed by atoms with E-state index in [1.807, 2.05) is 0 Å². The molecule has 1 amide bonds. The largest absolute Gasteiger partial charge is 0.464 e. The van der Waals surface area contributed by atoms with Crippen LogP contribution in [0.25, 0.3) is 0 Å². The molecule has 1 saturated carbocycles. The third-order valence-electron chi connectivity index (χ3n) is 3.89. The first kappa shape index (κ1) is 17.9. The number of nitro benzene ring substituents is 1. The highest BCUT2D eigenvalue weighted by Gasteiger charge is 2.35. The summed E-state index contributed by atoms with van der Waals surface area (Å²) in [4.78, 5) is 40.0. The van der Waals surface area contributed by atoms with E-state index in [4.69, 9.17) is 16.0 Å². The number of methoxy groups -OCH3 is 1. The van der Waals surface area contributed by atoms with Gasteiger partial charge in [0.25, 0.3) is 11.6 Å². The van der Waals surface area contributed by atoms with Crippen LogP contribution in [0.1, 0.15) is 39.6 Å². The highest BCUT2D eigenvalue weighted by molar-refractivity contribution is 6.34. The number of amides is 1. The summed E-state index contributed by atoms with van der Waals surface area (Å²) in [5.74, 6) is -0.836. The van der Waals surface area contributed by atoms with Crippen molar-refractivity contribution in [2.75, 3.05) is 7.11 Å². The van der Waals surface area contributed by atoms with Crippen LogP contribution in [-0.4, -0.2) is 39.8 Å². The third-order valence-corrected chi connectivity index (χ3v) is 4.21. The molecule has 1 heterocycles. The van der Waals surface area contributed by atoms with Gasteiger partial charge in [0.1, 0.15) is 6.26 Å². The molecule has 10 heteroatoms. The van der Waals surface area contributed by atoms with Crippen LogP contribution in [0.3, 0.4) is 0 Å². The number of hydrogen-bond donors (Lipinski definition) is 0. The van der Waals surface area contributed by atoms with E-state index >= 15 is 0 Å². The molecule has 2 aromatic rings. The Bertz CT molecular complexity index is 877. The molecular weight excluding hydrogens is 366 g/mol. The van der Waals surface area contributed by atoms with Crippen molar-refractivity contribution in [2.45, 2.75) is 25.4 Å². The van der Waals surface area contributed by atoms with Gasteiger partial charge < -0.3 is 14.1 Å². The average Bonchev–Trinajstić information content (AvgIpc) is 3.36. The molecule has 0 bridgehead atoms. The molecule has 0 unspecified atom stereocenters. The van der Waals surface area contributed by atoms with Crippen molar-refractivity contribution < 1.29 is 23.7 Å². The minimum atomic E-state index is -0.636. The summed E-state index contributed by atoms with van der Waals surface area (Å²) in [6.45, 7) is 0.0494. The molecule has 0 radical (unpaired) electrons. The van der Waals surface area contributed by atoms with Gasteiger partial charge in [-0.05, 0) is 18.9 Å². The number of esters is 1. The van der Waals surface area contributed by atoms with Crippen molar-refractivity contribution in [3.8, 4) is 0 Å². The first-order valence-electron chi connectivity index (χ1n) is 7.68. The molecule has 3 rings (SSSR count). The maximum atomic E-state index is 12.8. The Morgan fingerprint density at radius 3 is 2.77 bits per heavy atom. The predicted molar refractivity (Wildman–Crippen MR) is 88.8 cm³/mol. The molecule has 1 aromatic carbocycles. The lowest BCUT2D eigenvalue weighted by molar-refractivity contribution is -0.384. The van der Waals surface area contributed by atoms with Gasteiger partial charge in [-0.15, -0.1) is 0 Å². The molecule has 1 aliphatic carbocycles. The van der Waals surface area contributed by atoms with Gasteiger partial charge in [0.15, 0.2) is 5.69 Å². The van der Waals surface area contributed by atoms with E-state index in [0.29, 0.717) is 0 Å². The molecule has 0 atom stereocenters. The summed E-state index contributed by atoms with van der Waals surface area (Å²) in [5, 5.41) is 10.8. The minimum Gasteiger partial charge on any atom is -0.464 e. The maximum Gasteiger partial charge on any atom is 0.360 e. The van der Waals surface area contributed by atoms with Crippen molar-refractivity contribution in [3.05, 3.63) is 56.7 Å². The zero-order valence-corrected chi connectivity index (χ0v) is 14.4. The number of carbonyl (C=O) groups is 2. The Morgan fingerprint density at radius 2 is 2.19 bits per heavy atom. The Hall–Kier alpha value is -2.94. The fourth-order valence-corrected chi connectivity index (χ4v) is 2.68.